The first-order valence-electron chi connectivity index (χ1n) is 10.8. The average molecular weight is 458 g/mol. The van der Waals surface area contributed by atoms with Crippen LogP contribution >= 0.6 is 0 Å². The summed E-state index contributed by atoms with van der Waals surface area (Å²) in [4.78, 5) is 36.1. The normalized spacial score (nSPS) is 14.8. The van der Waals surface area contributed by atoms with Crippen LogP contribution in [0, 0.1) is 0 Å². The number of carbonyl (C=O) groups excluding carboxylic acids is 2. The molecule has 0 aliphatic heterocycles. The van der Waals surface area contributed by atoms with Crippen molar-refractivity contribution in [3.8, 4) is 11.1 Å². The van der Waals surface area contributed by atoms with Crippen LogP contribution < -0.4 is 5.32 Å². The van der Waals surface area contributed by atoms with Gasteiger partial charge in [-0.2, -0.15) is 8.78 Å². The van der Waals surface area contributed by atoms with Gasteiger partial charge in [-0.3, -0.25) is 9.59 Å². The highest BCUT2D eigenvalue weighted by Gasteiger charge is 2.46. The average Bonchev–Trinajstić information content (AvgIpc) is 3.58. The number of halogens is 2. The van der Waals surface area contributed by atoms with E-state index in [1.165, 1.54) is 0 Å². The number of carbonyl (C=O) groups is 3. The number of rotatable bonds is 9. The number of hydrogen-bond acceptors (Lipinski definition) is 4. The number of carboxylic acid groups (broad SMARTS) is 1. The molecule has 0 aromatic heterocycles. The second kappa shape index (κ2) is 9.17. The smallest absolute Gasteiger partial charge is 0.407 e. The van der Waals surface area contributed by atoms with Crippen molar-refractivity contribution < 1.29 is 33.0 Å². The number of carboxylic acids is 1. The first-order valence-corrected chi connectivity index (χ1v) is 10.8. The first-order chi connectivity index (χ1) is 15.8. The van der Waals surface area contributed by atoms with Crippen molar-refractivity contribution in [3.63, 3.8) is 0 Å². The van der Waals surface area contributed by atoms with E-state index in [0.29, 0.717) is 12.8 Å². The Morgan fingerprint density at radius 1 is 1.03 bits per heavy atom. The van der Waals surface area contributed by atoms with E-state index in [4.69, 9.17) is 9.84 Å². The summed E-state index contributed by atoms with van der Waals surface area (Å²) in [6.45, 7) is -1.55. The summed E-state index contributed by atoms with van der Waals surface area (Å²) in [5.74, 6) is -6.74. The number of alkyl halides is 2. The predicted octanol–water partition coefficient (Wildman–Crippen LogP) is 3.63. The number of ether oxygens (including phenoxy) is 1. The van der Waals surface area contributed by atoms with Gasteiger partial charge in [-0.15, -0.1) is 0 Å². The predicted molar refractivity (Wildman–Crippen MR) is 115 cm³/mol. The van der Waals surface area contributed by atoms with Crippen molar-refractivity contribution in [2.75, 3.05) is 19.7 Å². The van der Waals surface area contributed by atoms with E-state index in [1.54, 1.807) is 0 Å². The molecule has 33 heavy (non-hydrogen) atoms. The van der Waals surface area contributed by atoms with Crippen molar-refractivity contribution in [1.29, 1.82) is 0 Å². The summed E-state index contributed by atoms with van der Waals surface area (Å²) < 4.78 is 34.2. The molecule has 0 saturated heterocycles. The van der Waals surface area contributed by atoms with Crippen LogP contribution in [-0.2, 0) is 14.3 Å². The van der Waals surface area contributed by atoms with Gasteiger partial charge < -0.3 is 20.1 Å². The van der Waals surface area contributed by atoms with Crippen molar-refractivity contribution in [2.24, 2.45) is 0 Å². The Morgan fingerprint density at radius 2 is 1.61 bits per heavy atom. The number of alkyl carbamates (subject to hydrolysis) is 1. The van der Waals surface area contributed by atoms with E-state index in [-0.39, 0.29) is 25.1 Å². The van der Waals surface area contributed by atoms with Crippen molar-refractivity contribution >= 4 is 18.0 Å². The number of nitrogens with one attached hydrogen (secondary N) is 1. The Labute approximate surface area is 189 Å². The molecule has 0 radical (unpaired) electrons. The van der Waals surface area contributed by atoms with Gasteiger partial charge in [-0.25, -0.2) is 4.79 Å². The fourth-order valence-corrected chi connectivity index (χ4v) is 4.17. The van der Waals surface area contributed by atoms with E-state index >= 15 is 0 Å². The highest BCUT2D eigenvalue weighted by Crippen LogP contribution is 2.44. The van der Waals surface area contributed by atoms with Crippen LogP contribution in [0.15, 0.2) is 48.5 Å². The minimum atomic E-state index is -3.87. The fraction of sp³-hybridized carbons (Fsp3) is 0.375. The Morgan fingerprint density at radius 3 is 2.15 bits per heavy atom. The van der Waals surface area contributed by atoms with Gasteiger partial charge in [0.25, 0.3) is 5.91 Å². The standard InChI is InChI=1S/C24H24F2N2O5/c25-24(26,22(31)28(15-9-10-15)12-11-21(29)30)14-27-23(32)33-13-20-18-7-3-1-5-16(18)17-6-2-4-8-19(17)20/h1-8,15,20H,9-14H2,(H,27,32)(H,29,30). The lowest BCUT2D eigenvalue weighted by Crippen LogP contribution is -2.51. The molecule has 1 saturated carbocycles. The maximum absolute atomic E-state index is 14.5. The van der Waals surface area contributed by atoms with Gasteiger partial charge in [0.15, 0.2) is 0 Å². The Kier molecular flexibility index (Phi) is 6.31. The lowest BCUT2D eigenvalue weighted by Gasteiger charge is -2.26. The highest BCUT2D eigenvalue weighted by molar-refractivity contribution is 5.85. The SMILES string of the molecule is O=C(O)CCN(C(=O)C(F)(F)CNC(=O)OCC1c2ccccc2-c2ccccc21)C1CC1. The number of hydrogen-bond donors (Lipinski definition) is 2. The molecule has 7 nitrogen and oxygen atoms in total. The van der Waals surface area contributed by atoms with E-state index in [1.807, 2.05) is 53.8 Å². The van der Waals surface area contributed by atoms with E-state index in [9.17, 15) is 23.2 Å². The Bertz CT molecular complexity index is 1020. The maximum atomic E-state index is 14.5. The van der Waals surface area contributed by atoms with Crippen molar-refractivity contribution in [1.82, 2.24) is 10.2 Å². The van der Waals surface area contributed by atoms with Gasteiger partial charge in [-0.1, -0.05) is 48.5 Å². The zero-order valence-electron chi connectivity index (χ0n) is 17.8. The molecule has 2 N–H and O–H groups in total. The summed E-state index contributed by atoms with van der Waals surface area (Å²) in [7, 11) is 0. The van der Waals surface area contributed by atoms with Gasteiger partial charge in [0, 0.05) is 18.5 Å². The molecule has 2 amide bonds. The molecule has 2 aromatic rings. The third-order valence-corrected chi connectivity index (χ3v) is 5.93. The van der Waals surface area contributed by atoms with Crippen LogP contribution in [0.1, 0.15) is 36.3 Å². The zero-order chi connectivity index (χ0) is 23.6. The third-order valence-electron chi connectivity index (χ3n) is 5.93. The molecular weight excluding hydrogens is 434 g/mol. The molecule has 0 bridgehead atoms. The van der Waals surface area contributed by atoms with Crippen LogP contribution in [0.25, 0.3) is 11.1 Å². The van der Waals surface area contributed by atoms with Crippen LogP contribution in [0.5, 0.6) is 0 Å². The minimum Gasteiger partial charge on any atom is -0.481 e. The molecule has 0 atom stereocenters. The van der Waals surface area contributed by atoms with Crippen LogP contribution in [0.3, 0.4) is 0 Å². The molecule has 2 aliphatic rings. The number of aliphatic carboxylic acids is 1. The zero-order valence-corrected chi connectivity index (χ0v) is 17.8. The van der Waals surface area contributed by atoms with E-state index in [0.717, 1.165) is 27.2 Å². The summed E-state index contributed by atoms with van der Waals surface area (Å²) in [5, 5.41) is 10.8. The van der Waals surface area contributed by atoms with Gasteiger partial charge in [0.05, 0.1) is 13.0 Å². The second-order valence-corrected chi connectivity index (χ2v) is 8.26. The molecule has 1 fully saturated rings. The van der Waals surface area contributed by atoms with Crippen molar-refractivity contribution in [3.05, 3.63) is 59.7 Å². The molecule has 2 aliphatic carbocycles. The largest absolute Gasteiger partial charge is 0.481 e. The molecule has 0 spiro atoms. The van der Waals surface area contributed by atoms with Gasteiger partial charge in [0.2, 0.25) is 0 Å². The van der Waals surface area contributed by atoms with Crippen LogP contribution in [-0.4, -0.2) is 59.6 Å². The van der Waals surface area contributed by atoms with E-state index in [2.05, 4.69) is 0 Å². The molecule has 0 heterocycles. The molecule has 4 rings (SSSR count). The van der Waals surface area contributed by atoms with Crippen LogP contribution in [0.4, 0.5) is 13.6 Å². The molecule has 2 aromatic carbocycles. The third kappa shape index (κ3) is 4.97. The minimum absolute atomic E-state index is 0.0355. The molecule has 9 heteroatoms. The quantitative estimate of drug-likeness (QED) is 0.598. The summed E-state index contributed by atoms with van der Waals surface area (Å²) in [6, 6.07) is 15.1. The summed E-state index contributed by atoms with van der Waals surface area (Å²) in [6.07, 6.45) is -0.353. The number of amides is 2. The second-order valence-electron chi connectivity index (χ2n) is 8.26. The Balaban J connectivity index is 1.34. The monoisotopic (exact) mass is 458 g/mol. The van der Waals surface area contributed by atoms with Gasteiger partial charge in [0.1, 0.15) is 6.61 Å². The lowest BCUT2D eigenvalue weighted by atomic mass is 9.98. The Hall–Kier alpha value is -3.49. The maximum Gasteiger partial charge on any atom is 0.407 e. The van der Waals surface area contributed by atoms with Gasteiger partial charge >= 0.3 is 18.0 Å². The summed E-state index contributed by atoms with van der Waals surface area (Å²) >= 11 is 0. The van der Waals surface area contributed by atoms with E-state index < -0.39 is 36.9 Å². The molecular formula is C24H24F2N2O5. The number of benzene rings is 2. The number of nitrogens with zero attached hydrogens (tertiary/aromatic N) is 1. The highest BCUT2D eigenvalue weighted by atomic mass is 19.3. The first kappa shape index (κ1) is 22.7. The molecule has 0 unspecified atom stereocenters. The van der Waals surface area contributed by atoms with Crippen molar-refractivity contribution in [2.45, 2.75) is 37.1 Å². The summed E-state index contributed by atoms with van der Waals surface area (Å²) in [5.41, 5.74) is 4.07. The fourth-order valence-electron chi connectivity index (χ4n) is 4.17. The lowest BCUT2D eigenvalue weighted by molar-refractivity contribution is -0.157. The topological polar surface area (TPSA) is 95.9 Å². The molecule has 174 valence electrons. The number of fused-ring (bicyclic) bond motifs is 3. The van der Waals surface area contributed by atoms with Crippen LogP contribution in [0.2, 0.25) is 0 Å². The van der Waals surface area contributed by atoms with Gasteiger partial charge in [-0.05, 0) is 35.1 Å².